The molecule has 1 aromatic heterocycles. The molecular weight excluding hydrogens is 338 g/mol. The number of H-pyrrole nitrogens is 1. The Morgan fingerprint density at radius 1 is 1.33 bits per heavy atom. The van der Waals surface area contributed by atoms with Crippen molar-refractivity contribution in [2.24, 2.45) is 0 Å². The summed E-state index contributed by atoms with van der Waals surface area (Å²) < 4.78 is 2.04. The van der Waals surface area contributed by atoms with E-state index in [1.807, 2.05) is 31.2 Å². The smallest absolute Gasteiger partial charge is 0.328 e. The monoisotopic (exact) mass is 351 g/mol. The number of benzene rings is 1. The fourth-order valence-corrected chi connectivity index (χ4v) is 2.54. The maximum atomic E-state index is 12.0. The Labute approximate surface area is 128 Å². The van der Waals surface area contributed by atoms with Gasteiger partial charge < -0.3 is 5.32 Å². The summed E-state index contributed by atoms with van der Waals surface area (Å²) in [6.45, 7) is 1.71. The molecule has 1 atom stereocenters. The molecule has 2 aromatic rings. The lowest BCUT2D eigenvalue weighted by atomic mass is 10.1. The van der Waals surface area contributed by atoms with Gasteiger partial charge in [-0.15, -0.1) is 0 Å². The zero-order valence-corrected chi connectivity index (χ0v) is 12.9. The van der Waals surface area contributed by atoms with E-state index in [9.17, 15) is 14.4 Å². The molecule has 2 rings (SSSR count). The molecule has 21 heavy (non-hydrogen) atoms. The summed E-state index contributed by atoms with van der Waals surface area (Å²) in [5.41, 5.74) is -0.149. The molecule has 6 nitrogen and oxygen atoms in total. The van der Waals surface area contributed by atoms with Gasteiger partial charge in [-0.1, -0.05) is 34.1 Å². The lowest BCUT2D eigenvalue weighted by Crippen LogP contribution is -2.36. The van der Waals surface area contributed by atoms with Gasteiger partial charge in [0.15, 0.2) is 0 Å². The predicted octanol–water partition coefficient (Wildman–Crippen LogP) is 1.18. The molecule has 0 saturated heterocycles. The van der Waals surface area contributed by atoms with Crippen LogP contribution in [-0.2, 0) is 11.3 Å². The lowest BCUT2D eigenvalue weighted by molar-refractivity contribution is -0.122. The molecular formula is C14H14BrN3O3. The number of nitrogens with zero attached hydrogens (tertiary/aromatic N) is 1. The maximum absolute atomic E-state index is 12.0. The van der Waals surface area contributed by atoms with Crippen LogP contribution in [0.3, 0.4) is 0 Å². The van der Waals surface area contributed by atoms with E-state index in [2.05, 4.69) is 26.2 Å². The molecule has 0 unspecified atom stereocenters. The number of carbonyl (C=O) groups is 1. The van der Waals surface area contributed by atoms with Crippen LogP contribution in [0.1, 0.15) is 18.5 Å². The van der Waals surface area contributed by atoms with Crippen LogP contribution in [0, 0.1) is 0 Å². The van der Waals surface area contributed by atoms with Crippen LogP contribution in [0.25, 0.3) is 0 Å². The second kappa shape index (κ2) is 6.53. The number of amides is 1. The van der Waals surface area contributed by atoms with E-state index in [4.69, 9.17) is 0 Å². The predicted molar refractivity (Wildman–Crippen MR) is 82.0 cm³/mol. The molecule has 0 aliphatic rings. The van der Waals surface area contributed by atoms with Crippen LogP contribution < -0.4 is 16.6 Å². The number of nitrogens with one attached hydrogen (secondary N) is 2. The van der Waals surface area contributed by atoms with Crippen LogP contribution in [0.4, 0.5) is 0 Å². The van der Waals surface area contributed by atoms with Gasteiger partial charge in [-0.05, 0) is 18.6 Å². The molecule has 0 radical (unpaired) electrons. The Hall–Kier alpha value is -2.15. The van der Waals surface area contributed by atoms with Crippen molar-refractivity contribution in [2.75, 3.05) is 0 Å². The number of carbonyl (C=O) groups excluding carboxylic acids is 1. The van der Waals surface area contributed by atoms with Crippen molar-refractivity contribution in [2.45, 2.75) is 19.5 Å². The summed E-state index contributed by atoms with van der Waals surface area (Å²) in [6.07, 6.45) is 1.30. The minimum absolute atomic E-state index is 0.148. The van der Waals surface area contributed by atoms with Crippen LogP contribution in [0.5, 0.6) is 0 Å². The molecule has 0 aliphatic carbocycles. The molecule has 1 aromatic carbocycles. The lowest BCUT2D eigenvalue weighted by Gasteiger charge is -2.16. The topological polar surface area (TPSA) is 84.0 Å². The van der Waals surface area contributed by atoms with Gasteiger partial charge in [-0.25, -0.2) is 4.79 Å². The number of halogens is 1. The summed E-state index contributed by atoms with van der Waals surface area (Å²) in [4.78, 5) is 36.5. The fourth-order valence-electron chi connectivity index (χ4n) is 1.91. The third-order valence-electron chi connectivity index (χ3n) is 2.96. The van der Waals surface area contributed by atoms with Gasteiger partial charge in [0.05, 0.1) is 6.04 Å². The second-order valence-corrected chi connectivity index (χ2v) is 5.40. The van der Waals surface area contributed by atoms with E-state index in [0.717, 1.165) is 14.6 Å². The molecule has 0 spiro atoms. The van der Waals surface area contributed by atoms with E-state index in [1.165, 1.54) is 12.3 Å². The number of aromatic amines is 1. The molecule has 2 N–H and O–H groups in total. The van der Waals surface area contributed by atoms with Crippen molar-refractivity contribution in [1.29, 1.82) is 0 Å². The van der Waals surface area contributed by atoms with Crippen LogP contribution >= 0.6 is 15.9 Å². The SMILES string of the molecule is C[C@H](NC(=O)Cn1ccc(=O)[nH]c1=O)c1ccccc1Br. The Morgan fingerprint density at radius 2 is 2.05 bits per heavy atom. The first kappa shape index (κ1) is 15.2. The normalized spacial score (nSPS) is 11.9. The van der Waals surface area contributed by atoms with Gasteiger partial charge >= 0.3 is 5.69 Å². The number of hydrogen-bond acceptors (Lipinski definition) is 3. The Bertz CT molecular complexity index is 766. The van der Waals surface area contributed by atoms with E-state index in [0.29, 0.717) is 0 Å². The highest BCUT2D eigenvalue weighted by Crippen LogP contribution is 2.22. The first-order valence-electron chi connectivity index (χ1n) is 6.31. The molecule has 110 valence electrons. The molecule has 0 fully saturated rings. The minimum Gasteiger partial charge on any atom is -0.348 e. The average Bonchev–Trinajstić information content (AvgIpc) is 2.42. The molecule has 7 heteroatoms. The van der Waals surface area contributed by atoms with Crippen molar-refractivity contribution >= 4 is 21.8 Å². The second-order valence-electron chi connectivity index (χ2n) is 4.55. The maximum Gasteiger partial charge on any atom is 0.328 e. The van der Waals surface area contributed by atoms with Gasteiger partial charge in [-0.3, -0.25) is 19.1 Å². The molecule has 0 bridgehead atoms. The quantitative estimate of drug-likeness (QED) is 0.867. The third-order valence-corrected chi connectivity index (χ3v) is 3.68. The zero-order chi connectivity index (χ0) is 15.4. The van der Waals surface area contributed by atoms with Crippen LogP contribution in [0.15, 0.2) is 50.6 Å². The van der Waals surface area contributed by atoms with Crippen LogP contribution in [-0.4, -0.2) is 15.5 Å². The first-order valence-corrected chi connectivity index (χ1v) is 7.10. The fraction of sp³-hybridized carbons (Fsp3) is 0.214. The van der Waals surface area contributed by atoms with E-state index in [1.54, 1.807) is 0 Å². The minimum atomic E-state index is -0.605. The number of hydrogen-bond donors (Lipinski definition) is 2. The summed E-state index contributed by atoms with van der Waals surface area (Å²) in [5.74, 6) is -0.313. The summed E-state index contributed by atoms with van der Waals surface area (Å²) in [5, 5.41) is 2.81. The largest absolute Gasteiger partial charge is 0.348 e. The summed E-state index contributed by atoms with van der Waals surface area (Å²) in [7, 11) is 0. The highest BCUT2D eigenvalue weighted by molar-refractivity contribution is 9.10. The molecule has 1 amide bonds. The highest BCUT2D eigenvalue weighted by Gasteiger charge is 2.12. The van der Waals surface area contributed by atoms with Crippen molar-refractivity contribution in [3.8, 4) is 0 Å². The molecule has 0 aliphatic heterocycles. The molecule has 1 heterocycles. The zero-order valence-electron chi connectivity index (χ0n) is 11.3. The van der Waals surface area contributed by atoms with Crippen LogP contribution in [0.2, 0.25) is 0 Å². The Balaban J connectivity index is 2.07. The standard InChI is InChI=1S/C14H14BrN3O3/c1-9(10-4-2-3-5-11(10)15)16-13(20)8-18-7-6-12(19)17-14(18)21/h2-7,9H,8H2,1H3,(H,16,20)(H,17,19,21)/t9-/m0/s1. The van der Waals surface area contributed by atoms with Crippen molar-refractivity contribution in [1.82, 2.24) is 14.9 Å². The summed E-state index contributed by atoms with van der Waals surface area (Å²) >= 11 is 3.43. The van der Waals surface area contributed by atoms with Crippen molar-refractivity contribution < 1.29 is 4.79 Å². The Kier molecular flexibility index (Phi) is 4.74. The van der Waals surface area contributed by atoms with Crippen molar-refractivity contribution in [3.05, 3.63) is 67.4 Å². The van der Waals surface area contributed by atoms with Gasteiger partial charge in [0, 0.05) is 16.7 Å². The van der Waals surface area contributed by atoms with E-state index < -0.39 is 11.2 Å². The van der Waals surface area contributed by atoms with E-state index >= 15 is 0 Å². The molecule has 0 saturated carbocycles. The van der Waals surface area contributed by atoms with Gasteiger partial charge in [-0.2, -0.15) is 0 Å². The van der Waals surface area contributed by atoms with Crippen molar-refractivity contribution in [3.63, 3.8) is 0 Å². The Morgan fingerprint density at radius 3 is 2.71 bits per heavy atom. The van der Waals surface area contributed by atoms with E-state index in [-0.39, 0.29) is 18.5 Å². The van der Waals surface area contributed by atoms with Gasteiger partial charge in [0.25, 0.3) is 5.56 Å². The highest BCUT2D eigenvalue weighted by atomic mass is 79.9. The van der Waals surface area contributed by atoms with Gasteiger partial charge in [0.1, 0.15) is 6.54 Å². The third kappa shape index (κ3) is 3.91. The summed E-state index contributed by atoms with van der Waals surface area (Å²) in [6, 6.07) is 8.57. The first-order chi connectivity index (χ1) is 9.97. The van der Waals surface area contributed by atoms with Gasteiger partial charge in [0.2, 0.25) is 5.91 Å². The number of aromatic nitrogens is 2. The average molecular weight is 352 g/mol. The number of rotatable bonds is 4.